The number of hydrogen-bond acceptors (Lipinski definition) is 4. The average molecular weight is 313 g/mol. The van der Waals surface area contributed by atoms with Crippen LogP contribution in [0.4, 0.5) is 0 Å². The summed E-state index contributed by atoms with van der Waals surface area (Å²) in [6, 6.07) is 0. The van der Waals surface area contributed by atoms with Gasteiger partial charge in [0.15, 0.2) is 0 Å². The largest absolute Gasteiger partial charge is 0.389 e. The third-order valence-electron chi connectivity index (χ3n) is 2.92. The van der Waals surface area contributed by atoms with Gasteiger partial charge in [-0.2, -0.15) is 0 Å². The summed E-state index contributed by atoms with van der Waals surface area (Å²) in [7, 11) is 3.29. The van der Waals surface area contributed by atoms with Crippen LogP contribution < -0.4 is 0 Å². The second-order valence-electron chi connectivity index (χ2n) is 4.36. The van der Waals surface area contributed by atoms with Crippen molar-refractivity contribution >= 4 is 15.9 Å². The topological polar surface area (TPSA) is 51.2 Å². The predicted molar refractivity (Wildman–Crippen MR) is 71.7 cm³/mol. The number of alkyl halides is 1. The summed E-state index contributed by atoms with van der Waals surface area (Å²) >= 11 is 3.25. The summed E-state index contributed by atoms with van der Waals surface area (Å²) in [5, 5.41) is 9.22. The molecule has 1 heterocycles. The van der Waals surface area contributed by atoms with Gasteiger partial charge in [-0.25, -0.2) is 0 Å². The minimum atomic E-state index is -0.421. The van der Waals surface area contributed by atoms with Crippen molar-refractivity contribution in [2.24, 2.45) is 0 Å². The van der Waals surface area contributed by atoms with Gasteiger partial charge in [-0.05, 0) is 20.8 Å². The number of ether oxygens (including phenoxy) is 3. The number of aliphatic hydroxyl groups excluding tert-OH is 1. The quantitative estimate of drug-likeness (QED) is 0.623. The highest BCUT2D eigenvalue weighted by Gasteiger charge is 2.39. The minimum Gasteiger partial charge on any atom is -0.389 e. The van der Waals surface area contributed by atoms with E-state index in [9.17, 15) is 5.11 Å². The van der Waals surface area contributed by atoms with Crippen LogP contribution in [0.25, 0.3) is 0 Å². The van der Waals surface area contributed by atoms with Gasteiger partial charge in [0.05, 0.1) is 24.4 Å². The summed E-state index contributed by atoms with van der Waals surface area (Å²) in [6.07, 6.45) is 0.532. The fourth-order valence-electron chi connectivity index (χ4n) is 1.34. The lowest BCUT2D eigenvalue weighted by molar-refractivity contribution is 0.00220. The Labute approximate surface area is 113 Å². The van der Waals surface area contributed by atoms with Gasteiger partial charge in [-0.15, -0.1) is 0 Å². The summed E-state index contributed by atoms with van der Waals surface area (Å²) in [5.41, 5.74) is 0. The minimum absolute atomic E-state index is 0.0902. The Bertz CT molecular complexity index is 199. The summed E-state index contributed by atoms with van der Waals surface area (Å²) in [5.74, 6) is 0. The number of aliphatic hydroxyl groups is 1. The Kier molecular flexibility index (Phi) is 8.59. The van der Waals surface area contributed by atoms with Gasteiger partial charge in [0.1, 0.15) is 6.10 Å². The number of hydrogen-bond donors (Lipinski definition) is 1. The molecule has 0 saturated carbocycles. The summed E-state index contributed by atoms with van der Waals surface area (Å²) in [4.78, 5) is 0.0902. The molecule has 1 fully saturated rings. The lowest BCUT2D eigenvalue weighted by Gasteiger charge is -2.18. The van der Waals surface area contributed by atoms with Crippen LogP contribution in [0.15, 0.2) is 0 Å². The maximum atomic E-state index is 9.22. The van der Waals surface area contributed by atoms with Crippen LogP contribution in [-0.4, -0.2) is 54.7 Å². The fourth-order valence-corrected chi connectivity index (χ4v) is 1.77. The van der Waals surface area contributed by atoms with Gasteiger partial charge < -0.3 is 19.3 Å². The number of rotatable bonds is 5. The number of epoxide rings is 1. The Balaban J connectivity index is 0.000000302. The van der Waals surface area contributed by atoms with Crippen molar-refractivity contribution in [1.29, 1.82) is 0 Å². The number of halogens is 1. The van der Waals surface area contributed by atoms with Crippen molar-refractivity contribution < 1.29 is 19.3 Å². The average Bonchev–Trinajstić information content (AvgIpc) is 3.04. The van der Waals surface area contributed by atoms with E-state index in [1.54, 1.807) is 14.2 Å². The molecule has 1 rings (SSSR count). The molecule has 0 aromatic rings. The lowest BCUT2D eigenvalue weighted by Crippen LogP contribution is -2.31. The first-order valence-electron chi connectivity index (χ1n) is 5.88. The van der Waals surface area contributed by atoms with E-state index in [4.69, 9.17) is 14.2 Å². The monoisotopic (exact) mass is 312 g/mol. The molecule has 6 atom stereocenters. The Morgan fingerprint density at radius 1 is 1.18 bits per heavy atom. The van der Waals surface area contributed by atoms with E-state index in [1.807, 2.05) is 20.8 Å². The zero-order valence-corrected chi connectivity index (χ0v) is 13.1. The van der Waals surface area contributed by atoms with Crippen molar-refractivity contribution in [2.45, 2.75) is 63.0 Å². The second kappa shape index (κ2) is 8.43. The molecule has 1 aliphatic heterocycles. The standard InChI is InChI=1S/C6H13BrO2.C6H12O2/c1-4(7)6(8)5(2)9-3;1-4(7-3)6-5(2)8-6/h4-6,8H,1-3H3;4-6H,1-3H3. The van der Waals surface area contributed by atoms with Crippen molar-refractivity contribution in [2.75, 3.05) is 14.2 Å². The van der Waals surface area contributed by atoms with Gasteiger partial charge in [0.25, 0.3) is 0 Å². The first-order chi connectivity index (χ1) is 7.84. The number of methoxy groups -OCH3 is 2. The zero-order chi connectivity index (χ0) is 13.6. The molecule has 4 nitrogen and oxygen atoms in total. The van der Waals surface area contributed by atoms with Gasteiger partial charge >= 0.3 is 0 Å². The molecule has 0 spiro atoms. The third kappa shape index (κ3) is 6.72. The predicted octanol–water partition coefficient (Wildman–Crippen LogP) is 1.97. The molecule has 0 aromatic heterocycles. The van der Waals surface area contributed by atoms with Crippen LogP contribution in [-0.2, 0) is 14.2 Å². The smallest absolute Gasteiger partial charge is 0.110 e. The SMILES string of the molecule is COC(C)C(O)C(C)Br.COC(C)C1OC1C. The van der Waals surface area contributed by atoms with E-state index in [1.165, 1.54) is 0 Å². The highest BCUT2D eigenvalue weighted by molar-refractivity contribution is 9.09. The first-order valence-corrected chi connectivity index (χ1v) is 6.79. The zero-order valence-electron chi connectivity index (χ0n) is 11.5. The molecule has 1 saturated heterocycles. The van der Waals surface area contributed by atoms with Gasteiger partial charge in [-0.1, -0.05) is 22.9 Å². The van der Waals surface area contributed by atoms with Crippen LogP contribution in [0.1, 0.15) is 27.7 Å². The maximum absolute atomic E-state index is 9.22. The highest BCUT2D eigenvalue weighted by Crippen LogP contribution is 2.25. The van der Waals surface area contributed by atoms with E-state index < -0.39 is 6.10 Å². The fraction of sp³-hybridized carbons (Fsp3) is 1.00. The Morgan fingerprint density at radius 2 is 1.65 bits per heavy atom. The molecular formula is C12H25BrO4. The lowest BCUT2D eigenvalue weighted by atomic mass is 10.2. The molecule has 0 amide bonds. The van der Waals surface area contributed by atoms with Crippen LogP contribution >= 0.6 is 15.9 Å². The van der Waals surface area contributed by atoms with Crippen LogP contribution in [0.5, 0.6) is 0 Å². The molecule has 0 radical (unpaired) electrons. The van der Waals surface area contributed by atoms with Crippen LogP contribution in [0, 0.1) is 0 Å². The highest BCUT2D eigenvalue weighted by atomic mass is 79.9. The molecule has 0 bridgehead atoms. The molecule has 1 aliphatic rings. The Hall–Kier alpha value is 0.320. The first kappa shape index (κ1) is 17.3. The van der Waals surface area contributed by atoms with Crippen molar-refractivity contribution in [3.63, 3.8) is 0 Å². The molecule has 5 heteroatoms. The van der Waals surface area contributed by atoms with Crippen LogP contribution in [0.2, 0.25) is 0 Å². The van der Waals surface area contributed by atoms with Gasteiger partial charge in [0, 0.05) is 19.0 Å². The van der Waals surface area contributed by atoms with Crippen molar-refractivity contribution in [1.82, 2.24) is 0 Å². The molecule has 1 N–H and O–H groups in total. The van der Waals surface area contributed by atoms with E-state index in [-0.39, 0.29) is 17.0 Å². The van der Waals surface area contributed by atoms with Crippen molar-refractivity contribution in [3.05, 3.63) is 0 Å². The summed E-state index contributed by atoms with van der Waals surface area (Å²) in [6.45, 7) is 7.80. The molecule has 0 aliphatic carbocycles. The van der Waals surface area contributed by atoms with E-state index in [0.717, 1.165) is 0 Å². The van der Waals surface area contributed by atoms with E-state index in [0.29, 0.717) is 12.2 Å². The Morgan fingerprint density at radius 3 is 1.76 bits per heavy atom. The van der Waals surface area contributed by atoms with Gasteiger partial charge in [0.2, 0.25) is 0 Å². The maximum Gasteiger partial charge on any atom is 0.110 e. The molecule has 6 unspecified atom stereocenters. The molecule has 17 heavy (non-hydrogen) atoms. The normalized spacial score (nSPS) is 29.6. The second-order valence-corrected chi connectivity index (χ2v) is 5.80. The molecular weight excluding hydrogens is 288 g/mol. The van der Waals surface area contributed by atoms with E-state index >= 15 is 0 Å². The van der Waals surface area contributed by atoms with Crippen molar-refractivity contribution in [3.8, 4) is 0 Å². The summed E-state index contributed by atoms with van der Waals surface area (Å²) < 4.78 is 15.1. The third-order valence-corrected chi connectivity index (χ3v) is 3.46. The molecule has 0 aromatic carbocycles. The van der Waals surface area contributed by atoms with Gasteiger partial charge in [-0.3, -0.25) is 0 Å². The molecule has 104 valence electrons. The van der Waals surface area contributed by atoms with Crippen LogP contribution in [0.3, 0.4) is 0 Å². The van der Waals surface area contributed by atoms with E-state index in [2.05, 4.69) is 22.9 Å².